The van der Waals surface area contributed by atoms with E-state index in [2.05, 4.69) is 4.72 Å². The molecule has 2 N–H and O–H groups in total. The molecule has 0 saturated heterocycles. The van der Waals surface area contributed by atoms with Crippen molar-refractivity contribution in [2.24, 2.45) is 5.92 Å². The molecular weight excluding hydrogens is 356 g/mol. The van der Waals surface area contributed by atoms with E-state index >= 15 is 0 Å². The fourth-order valence-corrected chi connectivity index (χ4v) is 4.78. The highest BCUT2D eigenvalue weighted by Gasteiger charge is 2.38. The zero-order valence-electron chi connectivity index (χ0n) is 15.1. The second-order valence-electron chi connectivity index (χ2n) is 7.34. The Labute approximate surface area is 154 Å². The lowest BCUT2D eigenvalue weighted by Crippen LogP contribution is -2.55. The molecule has 0 aromatic heterocycles. The summed E-state index contributed by atoms with van der Waals surface area (Å²) in [5.74, 6) is 0.424. The van der Waals surface area contributed by atoms with Crippen molar-refractivity contribution >= 4 is 16.0 Å². The van der Waals surface area contributed by atoms with Gasteiger partial charge in [-0.3, -0.25) is 9.69 Å². The summed E-state index contributed by atoms with van der Waals surface area (Å²) in [6, 6.07) is 4.77. The molecule has 1 aromatic carbocycles. The van der Waals surface area contributed by atoms with Gasteiger partial charge in [0, 0.05) is 18.6 Å². The third kappa shape index (κ3) is 4.55. The molecule has 2 aliphatic carbocycles. The summed E-state index contributed by atoms with van der Waals surface area (Å²) < 4.78 is 33.0. The first kappa shape index (κ1) is 19.1. The number of aliphatic carboxylic acids is 1. The lowest BCUT2D eigenvalue weighted by molar-refractivity contribution is -0.139. The van der Waals surface area contributed by atoms with E-state index in [1.165, 1.54) is 6.07 Å². The molecule has 2 saturated carbocycles. The predicted octanol–water partition coefficient (Wildman–Crippen LogP) is 1.61. The molecule has 0 heterocycles. The van der Waals surface area contributed by atoms with Gasteiger partial charge < -0.3 is 9.84 Å². The Kier molecular flexibility index (Phi) is 5.55. The van der Waals surface area contributed by atoms with Crippen molar-refractivity contribution in [1.29, 1.82) is 0 Å². The molecule has 0 amide bonds. The number of nitrogens with zero attached hydrogens (tertiary/aromatic N) is 1. The van der Waals surface area contributed by atoms with Crippen molar-refractivity contribution in [2.45, 2.75) is 49.6 Å². The minimum absolute atomic E-state index is 0.0261. The van der Waals surface area contributed by atoms with E-state index in [1.807, 2.05) is 4.90 Å². The number of carboxylic acids is 1. The van der Waals surface area contributed by atoms with Crippen LogP contribution in [0.4, 0.5) is 0 Å². The first-order valence-electron chi connectivity index (χ1n) is 8.91. The van der Waals surface area contributed by atoms with Crippen LogP contribution in [0.1, 0.15) is 31.2 Å². The molecular formula is C18H26N2O5S. The minimum Gasteiger partial charge on any atom is -0.496 e. The number of aryl methyl sites for hydroxylation is 1. The van der Waals surface area contributed by atoms with Crippen LogP contribution in [0.5, 0.6) is 5.75 Å². The molecule has 0 aliphatic heterocycles. The Morgan fingerprint density at radius 2 is 2.04 bits per heavy atom. The minimum atomic E-state index is -3.59. The number of carboxylic acid groups (broad SMARTS) is 1. The van der Waals surface area contributed by atoms with Crippen LogP contribution in [0.3, 0.4) is 0 Å². The molecule has 1 aromatic rings. The fraction of sp³-hybridized carbons (Fsp3) is 0.611. The summed E-state index contributed by atoms with van der Waals surface area (Å²) in [6.07, 6.45) is 3.62. The smallest absolute Gasteiger partial charge is 0.317 e. The SMILES string of the molecule is COc1ccc(S(=O)(=O)NC2CC(N(CC(=O)O)CC3CC3)C2)cc1C. The standard InChI is InChI=1S/C18H26N2O5S/c1-12-7-16(5-6-17(12)25-2)26(23,24)19-14-8-15(9-14)20(11-18(21)22)10-13-3-4-13/h5-7,13-15,19H,3-4,8-11H2,1-2H3,(H,21,22). The van der Waals surface area contributed by atoms with Crippen molar-refractivity contribution in [3.8, 4) is 5.75 Å². The maximum Gasteiger partial charge on any atom is 0.317 e. The Balaban J connectivity index is 1.58. The lowest BCUT2D eigenvalue weighted by atomic mass is 9.86. The highest BCUT2D eigenvalue weighted by Crippen LogP contribution is 2.34. The van der Waals surface area contributed by atoms with Gasteiger partial charge in [0.15, 0.2) is 0 Å². The van der Waals surface area contributed by atoms with Crippen LogP contribution in [-0.2, 0) is 14.8 Å². The van der Waals surface area contributed by atoms with Crippen LogP contribution < -0.4 is 9.46 Å². The van der Waals surface area contributed by atoms with Crippen molar-refractivity contribution in [2.75, 3.05) is 20.2 Å². The molecule has 2 fully saturated rings. The van der Waals surface area contributed by atoms with Crippen LogP contribution in [-0.4, -0.2) is 56.7 Å². The molecule has 7 nitrogen and oxygen atoms in total. The largest absolute Gasteiger partial charge is 0.496 e. The number of ether oxygens (including phenoxy) is 1. The van der Waals surface area contributed by atoms with Crippen LogP contribution in [0.25, 0.3) is 0 Å². The van der Waals surface area contributed by atoms with Crippen LogP contribution in [0.2, 0.25) is 0 Å². The number of methoxy groups -OCH3 is 1. The number of nitrogens with one attached hydrogen (secondary N) is 1. The topological polar surface area (TPSA) is 95.9 Å². The zero-order chi connectivity index (χ0) is 18.9. The first-order valence-corrected chi connectivity index (χ1v) is 10.4. The van der Waals surface area contributed by atoms with Gasteiger partial charge in [0.05, 0.1) is 18.6 Å². The van der Waals surface area contributed by atoms with E-state index in [4.69, 9.17) is 9.84 Å². The molecule has 26 heavy (non-hydrogen) atoms. The van der Waals surface area contributed by atoms with Gasteiger partial charge in [-0.05, 0) is 62.3 Å². The van der Waals surface area contributed by atoms with Crippen molar-refractivity contribution < 1.29 is 23.1 Å². The van der Waals surface area contributed by atoms with Gasteiger partial charge >= 0.3 is 5.97 Å². The Morgan fingerprint density at radius 3 is 2.58 bits per heavy atom. The number of sulfonamides is 1. The Bertz CT molecular complexity index is 770. The molecule has 0 bridgehead atoms. The van der Waals surface area contributed by atoms with Crippen molar-refractivity contribution in [3.63, 3.8) is 0 Å². The normalized spacial score (nSPS) is 22.9. The third-order valence-corrected chi connectivity index (χ3v) is 6.67. The summed E-state index contributed by atoms with van der Waals surface area (Å²) in [6.45, 7) is 2.63. The number of carbonyl (C=O) groups is 1. The molecule has 3 rings (SSSR count). The van der Waals surface area contributed by atoms with Crippen molar-refractivity contribution in [3.05, 3.63) is 23.8 Å². The van der Waals surface area contributed by atoms with Gasteiger partial charge in [-0.15, -0.1) is 0 Å². The van der Waals surface area contributed by atoms with Gasteiger partial charge in [-0.2, -0.15) is 0 Å². The van der Waals surface area contributed by atoms with Crippen LogP contribution in [0, 0.1) is 12.8 Å². The summed E-state index contributed by atoms with van der Waals surface area (Å²) in [7, 11) is -2.04. The molecule has 0 radical (unpaired) electrons. The van der Waals surface area contributed by atoms with Gasteiger partial charge in [0.1, 0.15) is 5.75 Å². The van der Waals surface area contributed by atoms with E-state index in [-0.39, 0.29) is 23.5 Å². The zero-order valence-corrected chi connectivity index (χ0v) is 16.0. The summed E-state index contributed by atoms with van der Waals surface area (Å²) in [4.78, 5) is 13.3. The van der Waals surface area contributed by atoms with Crippen LogP contribution in [0.15, 0.2) is 23.1 Å². The van der Waals surface area contributed by atoms with Gasteiger partial charge in [-0.25, -0.2) is 13.1 Å². The molecule has 8 heteroatoms. The molecule has 0 atom stereocenters. The summed E-state index contributed by atoms with van der Waals surface area (Å²) in [5.41, 5.74) is 0.763. The third-order valence-electron chi connectivity index (χ3n) is 5.16. The van der Waals surface area contributed by atoms with E-state index in [9.17, 15) is 13.2 Å². The van der Waals surface area contributed by atoms with E-state index in [0.29, 0.717) is 24.5 Å². The molecule has 2 aliphatic rings. The number of hydrogen-bond donors (Lipinski definition) is 2. The number of benzene rings is 1. The van der Waals surface area contributed by atoms with Gasteiger partial charge in [0.2, 0.25) is 10.0 Å². The maximum atomic E-state index is 12.6. The van der Waals surface area contributed by atoms with E-state index in [1.54, 1.807) is 26.2 Å². The van der Waals surface area contributed by atoms with E-state index in [0.717, 1.165) is 24.9 Å². The lowest BCUT2D eigenvalue weighted by Gasteiger charge is -2.42. The molecule has 0 spiro atoms. The highest BCUT2D eigenvalue weighted by molar-refractivity contribution is 7.89. The average Bonchev–Trinajstić information content (AvgIpc) is 3.33. The Hall–Kier alpha value is -1.64. The van der Waals surface area contributed by atoms with Crippen molar-refractivity contribution in [1.82, 2.24) is 9.62 Å². The average molecular weight is 382 g/mol. The molecule has 0 unspecified atom stereocenters. The summed E-state index contributed by atoms with van der Waals surface area (Å²) in [5, 5.41) is 9.09. The number of rotatable bonds is 9. The second-order valence-corrected chi connectivity index (χ2v) is 9.06. The molecule has 144 valence electrons. The van der Waals surface area contributed by atoms with Crippen LogP contribution >= 0.6 is 0 Å². The fourth-order valence-electron chi connectivity index (χ4n) is 3.44. The number of hydrogen-bond acceptors (Lipinski definition) is 5. The second kappa shape index (κ2) is 7.54. The monoisotopic (exact) mass is 382 g/mol. The first-order chi connectivity index (χ1) is 12.3. The van der Waals surface area contributed by atoms with Gasteiger partial charge in [0.25, 0.3) is 0 Å². The highest BCUT2D eigenvalue weighted by atomic mass is 32.2. The van der Waals surface area contributed by atoms with E-state index < -0.39 is 16.0 Å². The van der Waals surface area contributed by atoms with Gasteiger partial charge in [-0.1, -0.05) is 0 Å². The summed E-state index contributed by atoms with van der Waals surface area (Å²) >= 11 is 0. The predicted molar refractivity (Wildman–Crippen MR) is 96.8 cm³/mol. The maximum absolute atomic E-state index is 12.6. The quantitative estimate of drug-likeness (QED) is 0.674. The Morgan fingerprint density at radius 1 is 1.35 bits per heavy atom.